The molecule has 16 bridgehead atoms. The molecule has 360 valence electrons. The third kappa shape index (κ3) is 6.15. The van der Waals surface area contributed by atoms with Gasteiger partial charge in [-0.15, -0.1) is 0 Å². The van der Waals surface area contributed by atoms with E-state index in [1.54, 1.807) is 0 Å². The lowest BCUT2D eigenvalue weighted by Crippen LogP contribution is -2.12. The van der Waals surface area contributed by atoms with Gasteiger partial charge in [-0.05, 0) is 190 Å². The van der Waals surface area contributed by atoms with Crippen LogP contribution in [0, 0.1) is 0 Å². The van der Waals surface area contributed by atoms with E-state index >= 15 is 0 Å². The van der Waals surface area contributed by atoms with Crippen molar-refractivity contribution in [2.24, 2.45) is 0 Å². The highest BCUT2D eigenvalue weighted by Gasteiger charge is 2.31. The summed E-state index contributed by atoms with van der Waals surface area (Å²) in [7, 11) is 0. The van der Waals surface area contributed by atoms with Gasteiger partial charge in [-0.25, -0.2) is 0 Å². The van der Waals surface area contributed by atoms with Crippen LogP contribution in [0.25, 0.3) is 139 Å². The van der Waals surface area contributed by atoms with Crippen molar-refractivity contribution in [2.75, 3.05) is 0 Å². The van der Waals surface area contributed by atoms with E-state index in [2.05, 4.69) is 286 Å². The molecule has 0 spiro atoms. The molecule has 2 aliphatic rings. The first-order valence-electron chi connectivity index (χ1n) is 26.9. The van der Waals surface area contributed by atoms with Gasteiger partial charge < -0.3 is 18.3 Å². The fraction of sp³-hybridized carbons (Fsp3) is 0.0411. The third-order valence-electron chi connectivity index (χ3n) is 17.3. The van der Waals surface area contributed by atoms with Crippen LogP contribution in [-0.4, -0.2) is 18.3 Å². The smallest absolute Gasteiger partial charge is 0.0541 e. The number of rotatable bonds is 4. The number of allylic oxidation sites excluding steroid dienone is 1. The molecule has 2 unspecified atom stereocenters. The van der Waals surface area contributed by atoms with Crippen molar-refractivity contribution in [3.63, 3.8) is 0 Å². The highest BCUT2D eigenvalue weighted by molar-refractivity contribution is 6.15. The highest BCUT2D eigenvalue weighted by Crippen LogP contribution is 2.49. The number of hydrogen-bond acceptors (Lipinski definition) is 0. The topological polar surface area (TPSA) is 19.7 Å². The van der Waals surface area contributed by atoms with E-state index in [-0.39, 0.29) is 11.8 Å². The van der Waals surface area contributed by atoms with Gasteiger partial charge in [0.05, 0.1) is 44.3 Å². The second-order valence-electron chi connectivity index (χ2n) is 21.3. The van der Waals surface area contributed by atoms with Gasteiger partial charge in [-0.1, -0.05) is 128 Å². The zero-order chi connectivity index (χ0) is 50.5. The standard InChI is InChI=1S/C73H48N4/c1-45-57-29-37-72-73(45)64-43-51(27-35-71(64)77(72)56-20-12-5-13-21-56)50-26-34-68-61(42-50)60-39-47(23-31-67(60)75(68)54-16-8-3-9-17-54)46-22-30-65-58(38-46)59-40-48(24-32-66(59)74(65)53-14-6-2-7-15-53)49-25-33-69-62(41-49)63-44-52(57)28-36-70(63)76(69)55-18-10-4-11-19-55/h2-45,57H,1H3. The summed E-state index contributed by atoms with van der Waals surface area (Å²) >= 11 is 0. The van der Waals surface area contributed by atoms with Gasteiger partial charge in [0.1, 0.15) is 0 Å². The number of aromatic nitrogens is 4. The number of para-hydroxylation sites is 4. The van der Waals surface area contributed by atoms with E-state index in [1.807, 2.05) is 0 Å². The average Bonchev–Trinajstić information content (AvgIpc) is 4.23. The van der Waals surface area contributed by atoms with Gasteiger partial charge >= 0.3 is 0 Å². The number of nitrogens with zero attached hydrogens (tertiary/aromatic N) is 4. The molecule has 11 aromatic carbocycles. The van der Waals surface area contributed by atoms with Crippen molar-refractivity contribution in [1.82, 2.24) is 18.3 Å². The van der Waals surface area contributed by atoms with Crippen LogP contribution in [0.1, 0.15) is 35.6 Å². The fourth-order valence-corrected chi connectivity index (χ4v) is 13.7. The maximum absolute atomic E-state index is 2.50. The van der Waals surface area contributed by atoms with E-state index in [0.717, 1.165) is 17.1 Å². The van der Waals surface area contributed by atoms with Crippen molar-refractivity contribution in [3.8, 4) is 56.1 Å². The molecule has 17 rings (SSSR count). The Bertz CT molecular complexity index is 4970. The molecule has 0 N–H and O–H groups in total. The minimum Gasteiger partial charge on any atom is -0.310 e. The van der Waals surface area contributed by atoms with E-state index < -0.39 is 0 Å². The molecule has 4 heteroatoms. The fourth-order valence-electron chi connectivity index (χ4n) is 13.7. The maximum atomic E-state index is 2.50. The summed E-state index contributed by atoms with van der Waals surface area (Å²) in [4.78, 5) is 0. The molecule has 2 atom stereocenters. The lowest BCUT2D eigenvalue weighted by atomic mass is 9.77. The monoisotopic (exact) mass is 980 g/mol. The average molecular weight is 981 g/mol. The zero-order valence-corrected chi connectivity index (χ0v) is 42.3. The Morgan fingerprint density at radius 3 is 0.909 bits per heavy atom. The van der Waals surface area contributed by atoms with Crippen molar-refractivity contribution < 1.29 is 0 Å². The molecular formula is C73H48N4. The Morgan fingerprint density at radius 2 is 0.558 bits per heavy atom. The summed E-state index contributed by atoms with van der Waals surface area (Å²) < 4.78 is 9.80. The van der Waals surface area contributed by atoms with Crippen molar-refractivity contribution in [1.29, 1.82) is 0 Å². The Kier molecular flexibility index (Phi) is 8.85. The molecule has 4 nitrogen and oxygen atoms in total. The van der Waals surface area contributed by atoms with Crippen LogP contribution in [-0.2, 0) is 0 Å². The molecule has 0 aliphatic heterocycles. The summed E-state index contributed by atoms with van der Waals surface area (Å²) in [6, 6.07) is 93.3. The molecule has 0 saturated heterocycles. The van der Waals surface area contributed by atoms with Crippen LogP contribution >= 0.6 is 0 Å². The van der Waals surface area contributed by atoms with Crippen LogP contribution in [0.2, 0.25) is 0 Å². The van der Waals surface area contributed by atoms with E-state index in [9.17, 15) is 0 Å². The quantitative estimate of drug-likeness (QED) is 0.167. The van der Waals surface area contributed by atoms with Crippen LogP contribution in [0.5, 0.6) is 0 Å². The van der Waals surface area contributed by atoms with Gasteiger partial charge in [-0.3, -0.25) is 0 Å². The molecule has 0 amide bonds. The summed E-state index contributed by atoms with van der Waals surface area (Å²) in [5, 5.41) is 8.73. The SMILES string of the molecule is CC1c2c3n(-c4ccccc4)c4ccc(cc24)-c2ccc4c(c2)c2cc(ccc2n4-c2ccccc2)-c2ccc4c(c2)c2cc(ccc2n4-c2ccccc2)-c2ccc4c(c2)c2cc(ccc2n4-c2ccccc2)C1C=C3. The normalized spacial score (nSPS) is 14.8. The molecule has 15 aromatic rings. The van der Waals surface area contributed by atoms with Crippen molar-refractivity contribution in [3.05, 3.63) is 272 Å². The Balaban J connectivity index is 0.973. The molecule has 4 aromatic heterocycles. The van der Waals surface area contributed by atoms with Crippen LogP contribution in [0.4, 0.5) is 0 Å². The molecule has 0 radical (unpaired) electrons. The molecule has 2 aliphatic carbocycles. The summed E-state index contributed by atoms with van der Waals surface area (Å²) in [6.07, 6.45) is 4.87. The molecule has 0 fully saturated rings. The lowest BCUT2D eigenvalue weighted by molar-refractivity contribution is 0.672. The Labute approximate surface area is 444 Å². The predicted molar refractivity (Wildman–Crippen MR) is 323 cm³/mol. The lowest BCUT2D eigenvalue weighted by Gasteiger charge is -2.27. The number of fused-ring (bicyclic) bond motifs is 12. The highest BCUT2D eigenvalue weighted by atomic mass is 15.0. The summed E-state index contributed by atoms with van der Waals surface area (Å²) in [5.41, 5.74) is 24.2. The summed E-state index contributed by atoms with van der Waals surface area (Å²) in [5.74, 6) is 0.338. The number of hydrogen-bond donors (Lipinski definition) is 0. The molecule has 77 heavy (non-hydrogen) atoms. The first-order chi connectivity index (χ1) is 38.1. The van der Waals surface area contributed by atoms with Crippen LogP contribution in [0.3, 0.4) is 0 Å². The predicted octanol–water partition coefficient (Wildman–Crippen LogP) is 19.2. The largest absolute Gasteiger partial charge is 0.310 e. The summed E-state index contributed by atoms with van der Waals surface area (Å²) in [6.45, 7) is 2.45. The molecule has 0 saturated carbocycles. The Hall–Kier alpha value is -9.90. The minimum atomic E-state index is 0.151. The van der Waals surface area contributed by atoms with Gasteiger partial charge in [0, 0.05) is 66.4 Å². The number of benzene rings is 11. The second-order valence-corrected chi connectivity index (χ2v) is 21.3. The molecule has 4 heterocycles. The van der Waals surface area contributed by atoms with Gasteiger partial charge in [-0.2, -0.15) is 0 Å². The van der Waals surface area contributed by atoms with E-state index in [0.29, 0.717) is 0 Å². The van der Waals surface area contributed by atoms with E-state index in [1.165, 1.54) is 132 Å². The maximum Gasteiger partial charge on any atom is 0.0541 e. The Morgan fingerprint density at radius 1 is 0.273 bits per heavy atom. The van der Waals surface area contributed by atoms with Gasteiger partial charge in [0.2, 0.25) is 0 Å². The molecular weight excluding hydrogens is 933 g/mol. The van der Waals surface area contributed by atoms with E-state index in [4.69, 9.17) is 0 Å². The minimum absolute atomic E-state index is 0.151. The van der Waals surface area contributed by atoms with Crippen molar-refractivity contribution in [2.45, 2.75) is 18.8 Å². The third-order valence-corrected chi connectivity index (χ3v) is 17.3. The van der Waals surface area contributed by atoms with Crippen LogP contribution in [0.15, 0.2) is 255 Å². The zero-order valence-electron chi connectivity index (χ0n) is 42.3. The van der Waals surface area contributed by atoms with Crippen LogP contribution < -0.4 is 0 Å². The van der Waals surface area contributed by atoms with Crippen molar-refractivity contribution >= 4 is 82.4 Å². The van der Waals surface area contributed by atoms with Gasteiger partial charge in [0.25, 0.3) is 0 Å². The first kappa shape index (κ1) is 42.5. The second kappa shape index (κ2) is 16.1. The first-order valence-corrected chi connectivity index (χ1v) is 26.9. The van der Waals surface area contributed by atoms with Gasteiger partial charge in [0.15, 0.2) is 0 Å².